The first-order valence-corrected chi connectivity index (χ1v) is 10.6. The van der Waals surface area contributed by atoms with E-state index in [1.807, 2.05) is 72.6 Å². The number of urea groups is 1. The lowest BCUT2D eigenvalue weighted by atomic mass is 10.1. The number of rotatable bonds is 4. The minimum absolute atomic E-state index is 0.443. The van der Waals surface area contributed by atoms with Gasteiger partial charge in [0.05, 0.1) is 12.8 Å². The maximum Gasteiger partial charge on any atom is 0.328 e. The van der Waals surface area contributed by atoms with Gasteiger partial charge in [0, 0.05) is 24.5 Å². The van der Waals surface area contributed by atoms with E-state index < -0.39 is 36.7 Å². The van der Waals surface area contributed by atoms with Gasteiger partial charge in [-0.2, -0.15) is 0 Å². The van der Waals surface area contributed by atoms with Gasteiger partial charge in [-0.3, -0.25) is 24.3 Å². The van der Waals surface area contributed by atoms with Gasteiger partial charge in [-0.15, -0.1) is 0 Å². The molecule has 9 nitrogen and oxygen atoms in total. The van der Waals surface area contributed by atoms with Gasteiger partial charge in [0.25, 0.3) is 5.91 Å². The van der Waals surface area contributed by atoms with Crippen LogP contribution in [0.3, 0.4) is 0 Å². The molecule has 3 aliphatic rings. The maximum absolute atomic E-state index is 13.4. The van der Waals surface area contributed by atoms with Crippen molar-refractivity contribution in [2.75, 3.05) is 25.6 Å². The maximum atomic E-state index is 13.4. The Balaban J connectivity index is 1.59. The Labute approximate surface area is 191 Å². The molecule has 0 bridgehead atoms. The molecule has 33 heavy (non-hydrogen) atoms. The van der Waals surface area contributed by atoms with E-state index in [1.54, 1.807) is 11.9 Å². The molecule has 0 spiro atoms. The van der Waals surface area contributed by atoms with Crippen LogP contribution in [0.4, 0.5) is 10.5 Å². The molecule has 2 atom stereocenters. The third-order valence-corrected chi connectivity index (χ3v) is 6.09. The van der Waals surface area contributed by atoms with Crippen molar-refractivity contribution in [1.82, 2.24) is 14.7 Å². The molecular formula is C24H23N5O4. The van der Waals surface area contributed by atoms with E-state index in [4.69, 9.17) is 4.99 Å². The predicted molar refractivity (Wildman–Crippen MR) is 122 cm³/mol. The van der Waals surface area contributed by atoms with E-state index in [0.29, 0.717) is 5.96 Å². The number of hydrogen-bond acceptors (Lipinski definition) is 7. The monoisotopic (exact) mass is 445 g/mol. The molecule has 5 rings (SSSR count). The second kappa shape index (κ2) is 7.77. The molecule has 0 saturated carbocycles. The molecule has 3 heterocycles. The Morgan fingerprint density at radius 2 is 1.76 bits per heavy atom. The molecule has 2 aromatic carbocycles. The second-order valence-electron chi connectivity index (χ2n) is 8.14. The fourth-order valence-corrected chi connectivity index (χ4v) is 4.33. The normalized spacial score (nSPS) is 21.7. The van der Waals surface area contributed by atoms with Gasteiger partial charge >= 0.3 is 12.0 Å². The highest BCUT2D eigenvalue weighted by atomic mass is 16.5. The van der Waals surface area contributed by atoms with Crippen LogP contribution < -0.4 is 4.90 Å². The number of esters is 1. The third kappa shape index (κ3) is 3.24. The van der Waals surface area contributed by atoms with Gasteiger partial charge in [-0.05, 0) is 19.1 Å². The van der Waals surface area contributed by atoms with Gasteiger partial charge in [-0.25, -0.2) is 9.79 Å². The van der Waals surface area contributed by atoms with E-state index in [2.05, 4.69) is 4.74 Å². The molecular weight excluding hydrogens is 422 g/mol. The number of methoxy groups -OCH3 is 1. The van der Waals surface area contributed by atoms with Crippen molar-refractivity contribution < 1.29 is 19.1 Å². The van der Waals surface area contributed by atoms with Crippen molar-refractivity contribution in [3.05, 3.63) is 71.9 Å². The molecule has 3 amide bonds. The van der Waals surface area contributed by atoms with Gasteiger partial charge in [0.2, 0.25) is 5.96 Å². The van der Waals surface area contributed by atoms with Crippen molar-refractivity contribution >= 4 is 35.3 Å². The van der Waals surface area contributed by atoms with Crippen LogP contribution in [0.1, 0.15) is 11.1 Å². The number of aryl methyl sites for hydroxylation is 1. The first-order valence-electron chi connectivity index (χ1n) is 10.6. The minimum atomic E-state index is -0.776. The van der Waals surface area contributed by atoms with Crippen molar-refractivity contribution in [2.24, 2.45) is 4.99 Å². The largest absolute Gasteiger partial charge is 0.468 e. The molecule has 0 aromatic heterocycles. The van der Waals surface area contributed by atoms with Gasteiger partial charge < -0.3 is 9.64 Å². The zero-order chi connectivity index (χ0) is 23.3. The molecule has 9 heteroatoms. The average molecular weight is 445 g/mol. The van der Waals surface area contributed by atoms with E-state index in [0.717, 1.165) is 27.4 Å². The van der Waals surface area contributed by atoms with Crippen molar-refractivity contribution in [1.29, 1.82) is 0 Å². The van der Waals surface area contributed by atoms with Crippen molar-refractivity contribution in [2.45, 2.75) is 19.1 Å². The Hall–Kier alpha value is -4.14. The van der Waals surface area contributed by atoms with Crippen molar-refractivity contribution in [3.63, 3.8) is 0 Å². The van der Waals surface area contributed by atoms with E-state index >= 15 is 0 Å². The highest BCUT2D eigenvalue weighted by molar-refractivity contribution is 6.16. The average Bonchev–Trinajstić information content (AvgIpc) is 3.38. The third-order valence-electron chi connectivity index (χ3n) is 6.09. The first-order chi connectivity index (χ1) is 15.9. The smallest absolute Gasteiger partial charge is 0.328 e. The molecule has 0 aliphatic carbocycles. The summed E-state index contributed by atoms with van der Waals surface area (Å²) in [6, 6.07) is 16.5. The number of imide groups is 1. The van der Waals surface area contributed by atoms with Crippen LogP contribution in [0.2, 0.25) is 0 Å². The summed E-state index contributed by atoms with van der Waals surface area (Å²) in [7, 11) is 2.81. The summed E-state index contributed by atoms with van der Waals surface area (Å²) in [6.07, 6.45) is 1.19. The van der Waals surface area contributed by atoms with Crippen LogP contribution >= 0.6 is 0 Å². The SMILES string of the molecule is COC(=O)CN1C(=O)C2C(N=C3N(c4ccc(C)cc4)C(c4ccccc4)=CN32)N(C)C1=O. The Bertz CT molecular complexity index is 1190. The molecule has 1 saturated heterocycles. The number of amides is 3. The number of hydrogen-bond donors (Lipinski definition) is 0. The van der Waals surface area contributed by atoms with Crippen LogP contribution in [0, 0.1) is 6.92 Å². The quantitative estimate of drug-likeness (QED) is 0.671. The summed E-state index contributed by atoms with van der Waals surface area (Å²) in [5.41, 5.74) is 3.85. The van der Waals surface area contributed by atoms with Crippen LogP contribution in [-0.2, 0) is 14.3 Å². The van der Waals surface area contributed by atoms with Crippen LogP contribution in [0.25, 0.3) is 5.70 Å². The lowest BCUT2D eigenvalue weighted by Gasteiger charge is -2.39. The summed E-state index contributed by atoms with van der Waals surface area (Å²) in [5, 5.41) is 0. The molecule has 0 N–H and O–H groups in total. The Morgan fingerprint density at radius 3 is 2.42 bits per heavy atom. The molecule has 0 radical (unpaired) electrons. The molecule has 2 aromatic rings. The summed E-state index contributed by atoms with van der Waals surface area (Å²) in [4.78, 5) is 49.0. The molecule has 168 valence electrons. The van der Waals surface area contributed by atoms with Gasteiger partial charge in [0.15, 0.2) is 12.2 Å². The van der Waals surface area contributed by atoms with Gasteiger partial charge in [0.1, 0.15) is 6.54 Å². The predicted octanol–water partition coefficient (Wildman–Crippen LogP) is 2.25. The number of anilines is 1. The number of likely N-dealkylation sites (N-methyl/N-ethyl adjacent to an activating group) is 1. The number of ether oxygens (including phenoxy) is 1. The van der Waals surface area contributed by atoms with Crippen LogP contribution in [0.15, 0.2) is 65.8 Å². The second-order valence-corrected chi connectivity index (χ2v) is 8.14. The molecule has 3 aliphatic heterocycles. The number of aliphatic imine (C=N–C) groups is 1. The highest BCUT2D eigenvalue weighted by Crippen LogP contribution is 2.39. The molecule has 2 unspecified atom stereocenters. The summed E-state index contributed by atoms with van der Waals surface area (Å²) in [5.74, 6) is -0.590. The topological polar surface area (TPSA) is 85.8 Å². The van der Waals surface area contributed by atoms with Crippen LogP contribution in [0.5, 0.6) is 0 Å². The standard InChI is InChI=1S/C24H23N5O4/c1-15-9-11-17(12-10-15)29-18(16-7-5-4-6-8-16)13-27-20-21(25-23(27)29)26(2)24(32)28(22(20)31)14-19(30)33-3/h4-13,20-21H,14H2,1-3H3. The highest BCUT2D eigenvalue weighted by Gasteiger charge is 2.55. The fourth-order valence-electron chi connectivity index (χ4n) is 4.33. The summed E-state index contributed by atoms with van der Waals surface area (Å²) >= 11 is 0. The minimum Gasteiger partial charge on any atom is -0.468 e. The Morgan fingerprint density at radius 1 is 1.06 bits per heavy atom. The fraction of sp³-hybridized carbons (Fsp3) is 0.250. The first kappa shape index (κ1) is 20.7. The summed E-state index contributed by atoms with van der Waals surface area (Å²) in [6.45, 7) is 1.58. The number of benzene rings is 2. The van der Waals surface area contributed by atoms with E-state index in [-0.39, 0.29) is 0 Å². The summed E-state index contributed by atoms with van der Waals surface area (Å²) < 4.78 is 4.68. The van der Waals surface area contributed by atoms with Gasteiger partial charge in [-0.1, -0.05) is 48.0 Å². The zero-order valence-electron chi connectivity index (χ0n) is 18.5. The lowest BCUT2D eigenvalue weighted by molar-refractivity contribution is -0.148. The van der Waals surface area contributed by atoms with E-state index in [1.165, 1.54) is 12.0 Å². The number of nitrogens with zero attached hydrogens (tertiary/aromatic N) is 5. The van der Waals surface area contributed by atoms with Crippen molar-refractivity contribution in [3.8, 4) is 0 Å². The van der Waals surface area contributed by atoms with E-state index in [9.17, 15) is 14.4 Å². The molecule has 1 fully saturated rings. The number of carbonyl (C=O) groups excluding carboxylic acids is 3. The lowest BCUT2D eigenvalue weighted by Crippen LogP contribution is -2.65. The number of fused-ring (bicyclic) bond motifs is 3. The number of guanidine groups is 1. The van der Waals surface area contributed by atoms with Crippen LogP contribution in [-0.4, -0.2) is 71.5 Å². The number of carbonyl (C=O) groups is 3. The Kier molecular flexibility index (Phi) is 4.88. The zero-order valence-corrected chi connectivity index (χ0v) is 18.5.